The summed E-state index contributed by atoms with van der Waals surface area (Å²) < 4.78 is 1.96. The van der Waals surface area contributed by atoms with Crippen LogP contribution in [0.25, 0.3) is 10.2 Å². The number of piperazine rings is 1. The molecule has 2 aliphatic rings. The molecule has 1 fully saturated rings. The lowest BCUT2D eigenvalue weighted by Crippen LogP contribution is -2.48. The molecule has 1 aliphatic heterocycles. The van der Waals surface area contributed by atoms with Crippen LogP contribution in [0.1, 0.15) is 47.8 Å². The van der Waals surface area contributed by atoms with Crippen LogP contribution in [0.5, 0.6) is 0 Å². The SMILES string of the molecule is CCCn1c(N2CCN(Cc3ccccc3C)CC2)nc2sc3c(c2c1=O)CCCC3. The number of hydrogen-bond donors (Lipinski definition) is 0. The van der Waals surface area contributed by atoms with Crippen molar-refractivity contribution < 1.29 is 0 Å². The van der Waals surface area contributed by atoms with Crippen molar-refractivity contribution in [3.8, 4) is 0 Å². The van der Waals surface area contributed by atoms with E-state index in [1.54, 1.807) is 11.3 Å². The fraction of sp³-hybridized carbons (Fsp3) is 0.520. The molecule has 0 atom stereocenters. The molecule has 5 nitrogen and oxygen atoms in total. The van der Waals surface area contributed by atoms with Gasteiger partial charge in [0.05, 0.1) is 5.39 Å². The first-order valence-electron chi connectivity index (χ1n) is 11.7. The molecule has 5 rings (SSSR count). The van der Waals surface area contributed by atoms with Gasteiger partial charge in [0, 0.05) is 44.1 Å². The first kappa shape index (κ1) is 20.7. The van der Waals surface area contributed by atoms with Gasteiger partial charge >= 0.3 is 0 Å². The second-order valence-corrected chi connectivity index (χ2v) is 10.0. The Morgan fingerprint density at radius 1 is 1.06 bits per heavy atom. The summed E-state index contributed by atoms with van der Waals surface area (Å²) in [6.45, 7) is 9.89. The predicted molar refractivity (Wildman–Crippen MR) is 129 cm³/mol. The second kappa shape index (κ2) is 8.75. The summed E-state index contributed by atoms with van der Waals surface area (Å²) in [7, 11) is 0. The van der Waals surface area contributed by atoms with E-state index >= 15 is 0 Å². The average Bonchev–Trinajstić information content (AvgIpc) is 3.16. The largest absolute Gasteiger partial charge is 0.340 e. The van der Waals surface area contributed by atoms with Crippen LogP contribution in [0.2, 0.25) is 0 Å². The average molecular weight is 437 g/mol. The van der Waals surface area contributed by atoms with Crippen LogP contribution in [0, 0.1) is 6.92 Å². The Kier molecular flexibility index (Phi) is 5.85. The number of benzene rings is 1. The third-order valence-corrected chi connectivity index (χ3v) is 8.00. The number of rotatable bonds is 5. The lowest BCUT2D eigenvalue weighted by molar-refractivity contribution is 0.247. The van der Waals surface area contributed by atoms with E-state index in [9.17, 15) is 4.79 Å². The van der Waals surface area contributed by atoms with Gasteiger partial charge in [-0.05, 0) is 55.7 Å². The number of anilines is 1. The van der Waals surface area contributed by atoms with E-state index in [4.69, 9.17) is 4.98 Å². The summed E-state index contributed by atoms with van der Waals surface area (Å²) >= 11 is 1.76. The van der Waals surface area contributed by atoms with Crippen LogP contribution in [0.3, 0.4) is 0 Å². The molecule has 3 heterocycles. The van der Waals surface area contributed by atoms with Gasteiger partial charge in [-0.3, -0.25) is 14.3 Å². The molecule has 1 aliphatic carbocycles. The molecule has 0 bridgehead atoms. The first-order valence-corrected chi connectivity index (χ1v) is 12.5. The molecule has 0 N–H and O–H groups in total. The summed E-state index contributed by atoms with van der Waals surface area (Å²) in [6, 6.07) is 8.65. The number of fused-ring (bicyclic) bond motifs is 3. The first-order chi connectivity index (χ1) is 15.2. The van der Waals surface area contributed by atoms with E-state index in [0.29, 0.717) is 0 Å². The van der Waals surface area contributed by atoms with Crippen molar-refractivity contribution >= 4 is 27.5 Å². The van der Waals surface area contributed by atoms with E-state index in [1.807, 2.05) is 4.57 Å². The van der Waals surface area contributed by atoms with Crippen molar-refractivity contribution in [2.45, 2.75) is 59.0 Å². The summed E-state index contributed by atoms with van der Waals surface area (Å²) in [4.78, 5) is 25.9. The molecule has 0 unspecified atom stereocenters. The smallest absolute Gasteiger partial charge is 0.263 e. The van der Waals surface area contributed by atoms with Crippen molar-refractivity contribution in [3.05, 3.63) is 56.2 Å². The van der Waals surface area contributed by atoms with Gasteiger partial charge in [0.15, 0.2) is 0 Å². The van der Waals surface area contributed by atoms with Gasteiger partial charge in [-0.15, -0.1) is 11.3 Å². The Morgan fingerprint density at radius 3 is 2.61 bits per heavy atom. The molecule has 0 spiro atoms. The zero-order valence-corrected chi connectivity index (χ0v) is 19.5. The van der Waals surface area contributed by atoms with Gasteiger partial charge in [0.1, 0.15) is 4.83 Å². The summed E-state index contributed by atoms with van der Waals surface area (Å²) in [5.41, 5.74) is 4.24. The van der Waals surface area contributed by atoms with Crippen LogP contribution in [-0.4, -0.2) is 40.6 Å². The molecule has 0 saturated carbocycles. The van der Waals surface area contributed by atoms with Crippen molar-refractivity contribution in [2.24, 2.45) is 0 Å². The van der Waals surface area contributed by atoms with Gasteiger partial charge in [-0.25, -0.2) is 4.98 Å². The highest BCUT2D eigenvalue weighted by molar-refractivity contribution is 7.18. The molecule has 31 heavy (non-hydrogen) atoms. The van der Waals surface area contributed by atoms with Gasteiger partial charge in [0.25, 0.3) is 5.56 Å². The summed E-state index contributed by atoms with van der Waals surface area (Å²) in [5, 5.41) is 0.912. The monoisotopic (exact) mass is 436 g/mol. The lowest BCUT2D eigenvalue weighted by atomic mass is 9.97. The van der Waals surface area contributed by atoms with E-state index in [0.717, 1.165) is 74.7 Å². The number of aryl methyl sites for hydroxylation is 3. The fourth-order valence-electron chi connectivity index (χ4n) is 5.03. The predicted octanol–water partition coefficient (Wildman–Crippen LogP) is 4.38. The molecule has 1 saturated heterocycles. The standard InChI is InChI=1S/C25H32N4OS/c1-3-12-29-24(30)22-20-10-6-7-11-21(20)31-23(22)26-25(29)28-15-13-27(14-16-28)17-19-9-5-4-8-18(19)2/h4-5,8-9H,3,6-7,10-17H2,1-2H3. The van der Waals surface area contributed by atoms with Crippen LogP contribution < -0.4 is 10.5 Å². The minimum absolute atomic E-state index is 0.184. The molecule has 2 aromatic heterocycles. The lowest BCUT2D eigenvalue weighted by Gasteiger charge is -2.36. The van der Waals surface area contributed by atoms with Crippen molar-refractivity contribution in [2.75, 3.05) is 31.1 Å². The minimum Gasteiger partial charge on any atom is -0.340 e. The van der Waals surface area contributed by atoms with E-state index in [-0.39, 0.29) is 5.56 Å². The van der Waals surface area contributed by atoms with E-state index in [2.05, 4.69) is 47.9 Å². The van der Waals surface area contributed by atoms with Gasteiger partial charge in [0.2, 0.25) is 5.95 Å². The van der Waals surface area contributed by atoms with Gasteiger partial charge < -0.3 is 4.90 Å². The third-order valence-electron chi connectivity index (χ3n) is 6.81. The van der Waals surface area contributed by atoms with E-state index < -0.39 is 0 Å². The van der Waals surface area contributed by atoms with E-state index in [1.165, 1.54) is 34.4 Å². The minimum atomic E-state index is 0.184. The van der Waals surface area contributed by atoms with Crippen LogP contribution >= 0.6 is 11.3 Å². The number of thiophene rings is 1. The Morgan fingerprint density at radius 2 is 1.84 bits per heavy atom. The molecular formula is C25H32N4OS. The number of hydrogen-bond acceptors (Lipinski definition) is 5. The molecular weight excluding hydrogens is 404 g/mol. The normalized spacial score (nSPS) is 17.3. The maximum absolute atomic E-state index is 13.6. The molecule has 1 aromatic carbocycles. The maximum atomic E-state index is 13.6. The zero-order valence-electron chi connectivity index (χ0n) is 18.7. The third kappa shape index (κ3) is 3.92. The molecule has 6 heteroatoms. The molecule has 3 aromatic rings. The molecule has 0 amide bonds. The van der Waals surface area contributed by atoms with Crippen LogP contribution in [0.15, 0.2) is 29.1 Å². The zero-order chi connectivity index (χ0) is 21.4. The van der Waals surface area contributed by atoms with Gasteiger partial charge in [-0.2, -0.15) is 0 Å². The Bertz CT molecular complexity index is 1140. The Labute approximate surface area is 188 Å². The highest BCUT2D eigenvalue weighted by Crippen LogP contribution is 2.34. The molecule has 164 valence electrons. The van der Waals surface area contributed by atoms with Gasteiger partial charge in [-0.1, -0.05) is 31.2 Å². The second-order valence-electron chi connectivity index (χ2n) is 8.95. The highest BCUT2D eigenvalue weighted by Gasteiger charge is 2.26. The highest BCUT2D eigenvalue weighted by atomic mass is 32.1. The van der Waals surface area contributed by atoms with Crippen LogP contribution in [0.4, 0.5) is 5.95 Å². The van der Waals surface area contributed by atoms with Crippen molar-refractivity contribution in [3.63, 3.8) is 0 Å². The number of aromatic nitrogens is 2. The maximum Gasteiger partial charge on any atom is 0.263 e. The van der Waals surface area contributed by atoms with Crippen LogP contribution in [-0.2, 0) is 25.9 Å². The Balaban J connectivity index is 1.42. The number of nitrogens with zero attached hydrogens (tertiary/aromatic N) is 4. The van der Waals surface area contributed by atoms with Crippen molar-refractivity contribution in [1.82, 2.24) is 14.5 Å². The molecule has 0 radical (unpaired) electrons. The topological polar surface area (TPSA) is 41.4 Å². The summed E-state index contributed by atoms with van der Waals surface area (Å²) in [5.74, 6) is 0.883. The van der Waals surface area contributed by atoms with Crippen molar-refractivity contribution in [1.29, 1.82) is 0 Å². The fourth-order valence-corrected chi connectivity index (χ4v) is 6.28. The summed E-state index contributed by atoms with van der Waals surface area (Å²) in [6.07, 6.45) is 5.51. The quantitative estimate of drug-likeness (QED) is 0.595. The Hall–Kier alpha value is -2.18.